The van der Waals surface area contributed by atoms with E-state index in [1.54, 1.807) is 13.8 Å². The third kappa shape index (κ3) is 1.52. The minimum atomic E-state index is -0.738. The molecule has 0 spiro atoms. The third-order valence-electron chi connectivity index (χ3n) is 1.88. The van der Waals surface area contributed by atoms with Crippen LogP contribution in [-0.2, 0) is 14.4 Å². The van der Waals surface area contributed by atoms with Gasteiger partial charge in [0.2, 0.25) is 11.8 Å². The van der Waals surface area contributed by atoms with Gasteiger partial charge in [0.25, 0.3) is 0 Å². The molecule has 0 aromatic carbocycles. The number of amides is 2. The molecule has 0 aliphatic carbocycles. The smallest absolute Gasteiger partial charge is 0.237 e. The molecule has 2 amide bonds. The van der Waals surface area contributed by atoms with Gasteiger partial charge in [0.1, 0.15) is 11.7 Å². The standard InChI is InChI=1S/C8H11NO3/c1-4(2)7(11)5-3-6(10)9-8(5)12/h4-5H,3H2,1-2H3,(H,9,10,12). The van der Waals surface area contributed by atoms with E-state index in [0.29, 0.717) is 0 Å². The van der Waals surface area contributed by atoms with E-state index in [-0.39, 0.29) is 24.0 Å². The molecule has 0 aromatic rings. The molecule has 1 saturated heterocycles. The lowest BCUT2D eigenvalue weighted by atomic mass is 9.94. The zero-order valence-electron chi connectivity index (χ0n) is 7.09. The van der Waals surface area contributed by atoms with Crippen molar-refractivity contribution in [3.8, 4) is 0 Å². The lowest BCUT2D eigenvalue weighted by Crippen LogP contribution is -2.28. The van der Waals surface area contributed by atoms with Crippen LogP contribution >= 0.6 is 0 Å². The Morgan fingerprint density at radius 1 is 1.50 bits per heavy atom. The topological polar surface area (TPSA) is 63.2 Å². The highest BCUT2D eigenvalue weighted by atomic mass is 16.2. The summed E-state index contributed by atoms with van der Waals surface area (Å²) in [7, 11) is 0. The van der Waals surface area contributed by atoms with Crippen molar-refractivity contribution in [1.29, 1.82) is 0 Å². The second-order valence-electron chi connectivity index (χ2n) is 3.23. The van der Waals surface area contributed by atoms with Crippen molar-refractivity contribution in [2.45, 2.75) is 20.3 Å². The number of nitrogens with one attached hydrogen (secondary N) is 1. The average molecular weight is 169 g/mol. The highest BCUT2D eigenvalue weighted by molar-refractivity contribution is 6.14. The molecule has 4 heteroatoms. The molecule has 0 saturated carbocycles. The molecule has 1 fully saturated rings. The molecule has 4 nitrogen and oxygen atoms in total. The van der Waals surface area contributed by atoms with Crippen LogP contribution in [0.4, 0.5) is 0 Å². The summed E-state index contributed by atoms with van der Waals surface area (Å²) >= 11 is 0. The number of Topliss-reactive ketones (excluding diaryl/α,β-unsaturated/α-hetero) is 1. The van der Waals surface area contributed by atoms with Gasteiger partial charge in [-0.25, -0.2) is 0 Å². The van der Waals surface area contributed by atoms with E-state index in [1.165, 1.54) is 0 Å². The first kappa shape index (κ1) is 8.90. The van der Waals surface area contributed by atoms with Gasteiger partial charge in [0, 0.05) is 12.3 Å². The van der Waals surface area contributed by atoms with Crippen molar-refractivity contribution in [2.24, 2.45) is 11.8 Å². The maximum absolute atomic E-state index is 11.3. The molecule has 1 rings (SSSR count). The Bertz CT molecular complexity index is 245. The van der Waals surface area contributed by atoms with Crippen LogP contribution in [0.3, 0.4) is 0 Å². The average Bonchev–Trinajstić information content (AvgIpc) is 2.28. The summed E-state index contributed by atoms with van der Waals surface area (Å²) in [5, 5.41) is 2.10. The summed E-state index contributed by atoms with van der Waals surface area (Å²) in [4.78, 5) is 33.0. The molecule has 1 unspecified atom stereocenters. The fraction of sp³-hybridized carbons (Fsp3) is 0.625. The molecule has 12 heavy (non-hydrogen) atoms. The van der Waals surface area contributed by atoms with Crippen molar-refractivity contribution >= 4 is 17.6 Å². The number of ketones is 1. The van der Waals surface area contributed by atoms with E-state index in [0.717, 1.165) is 0 Å². The van der Waals surface area contributed by atoms with Gasteiger partial charge in [0.05, 0.1) is 0 Å². The number of hydrogen-bond donors (Lipinski definition) is 1. The summed E-state index contributed by atoms with van der Waals surface area (Å²) in [5.41, 5.74) is 0. The lowest BCUT2D eigenvalue weighted by molar-refractivity contribution is -0.133. The van der Waals surface area contributed by atoms with Gasteiger partial charge in [-0.1, -0.05) is 13.8 Å². The highest BCUT2D eigenvalue weighted by Gasteiger charge is 2.36. The normalized spacial score (nSPS) is 23.1. The third-order valence-corrected chi connectivity index (χ3v) is 1.88. The van der Waals surface area contributed by atoms with Gasteiger partial charge in [0.15, 0.2) is 0 Å². The number of carbonyl (C=O) groups excluding carboxylic acids is 3. The van der Waals surface area contributed by atoms with E-state index in [2.05, 4.69) is 5.32 Å². The molecule has 1 aliphatic rings. The van der Waals surface area contributed by atoms with E-state index < -0.39 is 11.8 Å². The predicted molar refractivity (Wildman–Crippen MR) is 41.1 cm³/mol. The molecule has 1 N–H and O–H groups in total. The molecule has 66 valence electrons. The van der Waals surface area contributed by atoms with Gasteiger partial charge in [-0.15, -0.1) is 0 Å². The van der Waals surface area contributed by atoms with E-state index in [9.17, 15) is 14.4 Å². The fourth-order valence-electron chi connectivity index (χ4n) is 1.19. The summed E-state index contributed by atoms with van der Waals surface area (Å²) in [6.45, 7) is 3.44. The van der Waals surface area contributed by atoms with Crippen LogP contribution in [0.25, 0.3) is 0 Å². The molecular weight excluding hydrogens is 158 g/mol. The largest absolute Gasteiger partial charge is 0.299 e. The molecule has 0 radical (unpaired) electrons. The lowest BCUT2D eigenvalue weighted by Gasteiger charge is -2.06. The van der Waals surface area contributed by atoms with Crippen molar-refractivity contribution in [3.05, 3.63) is 0 Å². The summed E-state index contributed by atoms with van der Waals surface area (Å²) in [6, 6.07) is 0. The van der Waals surface area contributed by atoms with Gasteiger partial charge in [-0.2, -0.15) is 0 Å². The predicted octanol–water partition coefficient (Wildman–Crippen LogP) is -0.126. The Labute approximate surface area is 70.3 Å². The maximum atomic E-state index is 11.3. The first-order valence-corrected chi connectivity index (χ1v) is 3.89. The van der Waals surface area contributed by atoms with Crippen LogP contribution < -0.4 is 5.32 Å². The fourth-order valence-corrected chi connectivity index (χ4v) is 1.19. The number of hydrogen-bond acceptors (Lipinski definition) is 3. The minimum absolute atomic E-state index is 0.0237. The Kier molecular flexibility index (Phi) is 2.26. The quantitative estimate of drug-likeness (QED) is 0.462. The second kappa shape index (κ2) is 3.05. The highest BCUT2D eigenvalue weighted by Crippen LogP contribution is 2.15. The van der Waals surface area contributed by atoms with Crippen LogP contribution in [0.15, 0.2) is 0 Å². The van der Waals surface area contributed by atoms with E-state index in [4.69, 9.17) is 0 Å². The Morgan fingerprint density at radius 3 is 2.42 bits per heavy atom. The van der Waals surface area contributed by atoms with Crippen LogP contribution in [0.2, 0.25) is 0 Å². The molecule has 1 atom stereocenters. The van der Waals surface area contributed by atoms with Gasteiger partial charge < -0.3 is 0 Å². The summed E-state index contributed by atoms with van der Waals surface area (Å²) < 4.78 is 0. The van der Waals surface area contributed by atoms with Crippen LogP contribution in [0.1, 0.15) is 20.3 Å². The Hall–Kier alpha value is -1.19. The van der Waals surface area contributed by atoms with Crippen molar-refractivity contribution in [2.75, 3.05) is 0 Å². The summed E-state index contributed by atoms with van der Waals surface area (Å²) in [5.74, 6) is -1.87. The zero-order valence-corrected chi connectivity index (χ0v) is 7.09. The van der Waals surface area contributed by atoms with E-state index >= 15 is 0 Å². The molecular formula is C8H11NO3. The molecule has 0 aromatic heterocycles. The van der Waals surface area contributed by atoms with E-state index in [1.807, 2.05) is 0 Å². The number of rotatable bonds is 2. The SMILES string of the molecule is CC(C)C(=O)C1CC(=O)NC1=O. The van der Waals surface area contributed by atoms with Gasteiger partial charge >= 0.3 is 0 Å². The molecule has 1 heterocycles. The van der Waals surface area contributed by atoms with Crippen LogP contribution in [0, 0.1) is 11.8 Å². The zero-order chi connectivity index (χ0) is 9.30. The van der Waals surface area contributed by atoms with Crippen molar-refractivity contribution < 1.29 is 14.4 Å². The van der Waals surface area contributed by atoms with Gasteiger partial charge in [-0.3, -0.25) is 19.7 Å². The molecule has 0 bridgehead atoms. The number of imide groups is 1. The monoisotopic (exact) mass is 169 g/mol. The second-order valence-corrected chi connectivity index (χ2v) is 3.23. The molecule has 1 aliphatic heterocycles. The van der Waals surface area contributed by atoms with Crippen molar-refractivity contribution in [1.82, 2.24) is 5.32 Å². The first-order valence-electron chi connectivity index (χ1n) is 3.89. The maximum Gasteiger partial charge on any atom is 0.237 e. The van der Waals surface area contributed by atoms with Gasteiger partial charge in [-0.05, 0) is 0 Å². The Balaban J connectivity index is 2.71. The Morgan fingerprint density at radius 2 is 2.08 bits per heavy atom. The van der Waals surface area contributed by atoms with Crippen LogP contribution in [-0.4, -0.2) is 17.6 Å². The van der Waals surface area contributed by atoms with Crippen LogP contribution in [0.5, 0.6) is 0 Å². The number of carbonyl (C=O) groups is 3. The van der Waals surface area contributed by atoms with Crippen molar-refractivity contribution in [3.63, 3.8) is 0 Å². The first-order chi connectivity index (χ1) is 5.52. The summed E-state index contributed by atoms with van der Waals surface area (Å²) in [6.07, 6.45) is 0.0237. The minimum Gasteiger partial charge on any atom is -0.299 e.